The SMILES string of the molecule is CC(=O)OC[C@H]1O[C@@H](N2C(=O)NC(=O)[C@@](C)(O)[C@H]2Sc2ccccc2)C[C@@H]1OC(C)=O. The number of nitrogens with one attached hydrogen (secondary N) is 1. The van der Waals surface area contributed by atoms with Crippen LogP contribution >= 0.6 is 11.8 Å². The lowest BCUT2D eigenvalue weighted by Crippen LogP contribution is -2.69. The van der Waals surface area contributed by atoms with Gasteiger partial charge >= 0.3 is 18.0 Å². The van der Waals surface area contributed by atoms with E-state index in [4.69, 9.17) is 14.2 Å². The van der Waals surface area contributed by atoms with Gasteiger partial charge in [0.05, 0.1) is 0 Å². The number of thioether (sulfide) groups is 1. The van der Waals surface area contributed by atoms with E-state index < -0.39 is 53.3 Å². The van der Waals surface area contributed by atoms with Crippen molar-refractivity contribution >= 4 is 35.6 Å². The Labute approximate surface area is 183 Å². The van der Waals surface area contributed by atoms with Crippen LogP contribution in [-0.2, 0) is 28.6 Å². The number of nitrogens with zero attached hydrogens (tertiary/aromatic N) is 1. The maximum Gasteiger partial charge on any atom is 0.327 e. The number of urea groups is 1. The van der Waals surface area contributed by atoms with Crippen molar-refractivity contribution in [3.8, 4) is 0 Å². The second-order valence-electron chi connectivity index (χ2n) is 7.41. The van der Waals surface area contributed by atoms with Crippen molar-refractivity contribution in [3.63, 3.8) is 0 Å². The van der Waals surface area contributed by atoms with E-state index in [0.717, 1.165) is 16.7 Å². The summed E-state index contributed by atoms with van der Waals surface area (Å²) in [5.41, 5.74) is -1.93. The van der Waals surface area contributed by atoms with Gasteiger partial charge < -0.3 is 19.3 Å². The van der Waals surface area contributed by atoms with Crippen LogP contribution in [0.4, 0.5) is 4.79 Å². The zero-order valence-corrected chi connectivity index (χ0v) is 18.1. The first-order valence-electron chi connectivity index (χ1n) is 9.63. The Hall–Kier alpha value is -2.63. The van der Waals surface area contributed by atoms with Crippen LogP contribution in [0.25, 0.3) is 0 Å². The van der Waals surface area contributed by atoms with Crippen LogP contribution < -0.4 is 5.32 Å². The summed E-state index contributed by atoms with van der Waals surface area (Å²) in [6.45, 7) is 3.62. The molecule has 2 aliphatic rings. The zero-order valence-electron chi connectivity index (χ0n) is 17.3. The molecule has 0 bridgehead atoms. The van der Waals surface area contributed by atoms with Crippen LogP contribution in [0.1, 0.15) is 27.2 Å². The average molecular weight is 452 g/mol. The van der Waals surface area contributed by atoms with Gasteiger partial charge in [0, 0.05) is 25.2 Å². The monoisotopic (exact) mass is 452 g/mol. The van der Waals surface area contributed by atoms with Gasteiger partial charge in [-0.25, -0.2) is 4.79 Å². The average Bonchev–Trinajstić information content (AvgIpc) is 3.07. The Balaban J connectivity index is 1.88. The van der Waals surface area contributed by atoms with Gasteiger partial charge in [0.1, 0.15) is 30.4 Å². The number of amides is 3. The first kappa shape index (κ1) is 23.0. The van der Waals surface area contributed by atoms with E-state index in [1.165, 1.54) is 25.7 Å². The fourth-order valence-electron chi connectivity index (χ4n) is 3.42. The van der Waals surface area contributed by atoms with Crippen molar-refractivity contribution in [2.24, 2.45) is 0 Å². The Morgan fingerprint density at radius 3 is 2.55 bits per heavy atom. The van der Waals surface area contributed by atoms with Gasteiger partial charge in [0.2, 0.25) is 0 Å². The molecule has 11 heteroatoms. The van der Waals surface area contributed by atoms with Gasteiger partial charge in [-0.2, -0.15) is 0 Å². The lowest BCUT2D eigenvalue weighted by Gasteiger charge is -2.45. The van der Waals surface area contributed by atoms with E-state index >= 15 is 0 Å². The summed E-state index contributed by atoms with van der Waals surface area (Å²) < 4.78 is 16.2. The molecule has 2 aliphatic heterocycles. The molecule has 0 unspecified atom stereocenters. The summed E-state index contributed by atoms with van der Waals surface area (Å²) in [4.78, 5) is 49.8. The third kappa shape index (κ3) is 5.17. The molecule has 168 valence electrons. The topological polar surface area (TPSA) is 131 Å². The van der Waals surface area contributed by atoms with Crippen molar-refractivity contribution < 1.29 is 38.5 Å². The molecule has 0 saturated carbocycles. The molecule has 0 aromatic heterocycles. The summed E-state index contributed by atoms with van der Waals surface area (Å²) in [5, 5.41) is 12.1. The highest BCUT2D eigenvalue weighted by atomic mass is 32.2. The minimum Gasteiger partial charge on any atom is -0.463 e. The molecule has 1 aromatic rings. The van der Waals surface area contributed by atoms with Gasteiger partial charge in [0.25, 0.3) is 5.91 Å². The van der Waals surface area contributed by atoms with E-state index in [0.29, 0.717) is 0 Å². The number of benzene rings is 1. The van der Waals surface area contributed by atoms with Crippen molar-refractivity contribution in [2.45, 2.75) is 61.5 Å². The van der Waals surface area contributed by atoms with E-state index in [2.05, 4.69) is 5.32 Å². The van der Waals surface area contributed by atoms with Gasteiger partial charge in [-0.05, 0) is 19.1 Å². The predicted octanol–water partition coefficient (Wildman–Crippen LogP) is 1.02. The molecule has 3 rings (SSSR count). The molecule has 5 atom stereocenters. The van der Waals surface area contributed by atoms with Crippen LogP contribution in [0, 0.1) is 0 Å². The number of esters is 2. The minimum absolute atomic E-state index is 0.0784. The molecule has 0 spiro atoms. The highest BCUT2D eigenvalue weighted by molar-refractivity contribution is 8.00. The molecule has 3 amide bonds. The maximum atomic E-state index is 12.8. The van der Waals surface area contributed by atoms with Gasteiger partial charge in [0.15, 0.2) is 5.60 Å². The fraction of sp³-hybridized carbons (Fsp3) is 0.500. The molecule has 2 N–H and O–H groups in total. The summed E-state index contributed by atoms with van der Waals surface area (Å²) in [6.07, 6.45) is -2.45. The lowest BCUT2D eigenvalue weighted by atomic mass is 10.0. The molecule has 31 heavy (non-hydrogen) atoms. The summed E-state index contributed by atoms with van der Waals surface area (Å²) in [5.74, 6) is -1.91. The van der Waals surface area contributed by atoms with Crippen LogP contribution in [0.3, 0.4) is 0 Å². The standard InChI is InChI=1S/C20H24N2O8S/c1-11(23)28-10-15-14(29-12(2)24)9-16(30-15)22-18(31-13-7-5-4-6-8-13)20(3,27)17(25)21-19(22)26/h4-8,14-16,18,27H,9-10H2,1-3H3,(H,21,25,26)/t14-,15+,16+,18+,20+/m0/s1. The quantitative estimate of drug-likeness (QED) is 0.607. The summed E-state index contributed by atoms with van der Waals surface area (Å²) in [7, 11) is 0. The molecule has 1 aromatic carbocycles. The number of rotatable bonds is 6. The number of aliphatic hydroxyl groups is 1. The van der Waals surface area contributed by atoms with Crippen molar-refractivity contribution in [3.05, 3.63) is 30.3 Å². The smallest absolute Gasteiger partial charge is 0.327 e. The van der Waals surface area contributed by atoms with E-state index in [9.17, 15) is 24.3 Å². The highest BCUT2D eigenvalue weighted by Gasteiger charge is 2.55. The molecule has 2 heterocycles. The lowest BCUT2D eigenvalue weighted by molar-refractivity contribution is -0.159. The van der Waals surface area contributed by atoms with Crippen molar-refractivity contribution in [2.75, 3.05) is 6.61 Å². The van der Waals surface area contributed by atoms with Gasteiger partial charge in [-0.15, -0.1) is 0 Å². The van der Waals surface area contributed by atoms with Crippen LogP contribution in [-0.4, -0.2) is 69.9 Å². The Bertz CT molecular complexity index is 862. The highest BCUT2D eigenvalue weighted by Crippen LogP contribution is 2.39. The second kappa shape index (κ2) is 9.25. The van der Waals surface area contributed by atoms with Crippen molar-refractivity contribution in [1.82, 2.24) is 10.2 Å². The first-order valence-corrected chi connectivity index (χ1v) is 10.5. The normalized spacial score (nSPS) is 30.6. The predicted molar refractivity (Wildman–Crippen MR) is 108 cm³/mol. The van der Waals surface area contributed by atoms with E-state index in [1.807, 2.05) is 6.07 Å². The number of imide groups is 1. The molecule has 0 radical (unpaired) electrons. The largest absolute Gasteiger partial charge is 0.463 e. The van der Waals surface area contributed by atoms with Crippen molar-refractivity contribution in [1.29, 1.82) is 0 Å². The molecule has 0 aliphatic carbocycles. The van der Waals surface area contributed by atoms with Crippen LogP contribution in [0.2, 0.25) is 0 Å². The molecule has 10 nitrogen and oxygen atoms in total. The first-order chi connectivity index (χ1) is 14.6. The molecular formula is C20H24N2O8S. The summed E-state index contributed by atoms with van der Waals surface area (Å²) in [6, 6.07) is 8.24. The van der Waals surface area contributed by atoms with Crippen LogP contribution in [0.15, 0.2) is 35.2 Å². The van der Waals surface area contributed by atoms with E-state index in [1.54, 1.807) is 24.3 Å². The third-order valence-electron chi connectivity index (χ3n) is 4.90. The number of carbonyl (C=O) groups is 4. The number of carbonyl (C=O) groups excluding carboxylic acids is 4. The number of ether oxygens (including phenoxy) is 3. The van der Waals surface area contributed by atoms with Crippen LogP contribution in [0.5, 0.6) is 0 Å². The van der Waals surface area contributed by atoms with Gasteiger partial charge in [-0.1, -0.05) is 30.0 Å². The van der Waals surface area contributed by atoms with E-state index in [-0.39, 0.29) is 13.0 Å². The molecular weight excluding hydrogens is 428 g/mol. The summed E-state index contributed by atoms with van der Waals surface area (Å²) >= 11 is 1.13. The fourth-order valence-corrected chi connectivity index (χ4v) is 4.67. The maximum absolute atomic E-state index is 12.8. The number of hydrogen-bond donors (Lipinski definition) is 2. The molecule has 2 fully saturated rings. The zero-order chi connectivity index (χ0) is 22.8. The Morgan fingerprint density at radius 1 is 1.26 bits per heavy atom. The number of hydrogen-bond acceptors (Lipinski definition) is 9. The second-order valence-corrected chi connectivity index (χ2v) is 8.57. The molecule has 2 saturated heterocycles. The Morgan fingerprint density at radius 2 is 1.94 bits per heavy atom. The third-order valence-corrected chi connectivity index (χ3v) is 6.35. The minimum atomic E-state index is -1.93. The Kier molecular flexibility index (Phi) is 6.87. The van der Waals surface area contributed by atoms with Gasteiger partial charge in [-0.3, -0.25) is 24.6 Å².